The van der Waals surface area contributed by atoms with Gasteiger partial charge >= 0.3 is 0 Å². The molecular weight excluding hydrogens is 248 g/mol. The van der Waals surface area contributed by atoms with Crippen LogP contribution >= 0.6 is 0 Å². The van der Waals surface area contributed by atoms with Crippen LogP contribution in [0.5, 0.6) is 0 Å². The van der Waals surface area contributed by atoms with E-state index in [1.165, 1.54) is 12.8 Å². The van der Waals surface area contributed by atoms with Crippen LogP contribution in [0.1, 0.15) is 33.6 Å². The van der Waals surface area contributed by atoms with Crippen LogP contribution in [0.3, 0.4) is 0 Å². The van der Waals surface area contributed by atoms with E-state index in [-0.39, 0.29) is 5.75 Å². The van der Waals surface area contributed by atoms with Gasteiger partial charge in [0.05, 0.1) is 10.5 Å². The first kappa shape index (κ1) is 15.9. The monoisotopic (exact) mass is 276 g/mol. The Balaban J connectivity index is 2.34. The fraction of sp³-hybridized carbons (Fsp3) is 1.00. The van der Waals surface area contributed by atoms with Crippen molar-refractivity contribution in [1.29, 1.82) is 0 Å². The zero-order valence-electron chi connectivity index (χ0n) is 12.2. The van der Waals surface area contributed by atoms with Crippen LogP contribution in [0.2, 0.25) is 0 Å². The maximum absolute atomic E-state index is 12.0. The molecule has 0 radical (unpaired) electrons. The lowest BCUT2D eigenvalue weighted by Gasteiger charge is -2.28. The average Bonchev–Trinajstić information content (AvgIpc) is 2.26. The normalized spacial score (nSPS) is 22.4. The summed E-state index contributed by atoms with van der Waals surface area (Å²) in [5, 5.41) is 3.39. The highest BCUT2D eigenvalue weighted by Gasteiger charge is 2.28. The van der Waals surface area contributed by atoms with Gasteiger partial charge in [-0.3, -0.25) is 0 Å². The Morgan fingerprint density at radius 3 is 2.50 bits per heavy atom. The smallest absolute Gasteiger partial charge is 0.156 e. The third-order valence-corrected chi connectivity index (χ3v) is 6.23. The number of rotatable bonds is 5. The molecule has 0 amide bonds. The minimum Gasteiger partial charge on any atom is -0.316 e. The Bertz CT molecular complexity index is 340. The SMILES string of the molecule is CN(CCS(=O)(=O)C(C)(C)C)CC1CCCNC1. The first-order chi connectivity index (χ1) is 8.22. The van der Waals surface area contributed by atoms with Gasteiger partial charge in [-0.25, -0.2) is 8.42 Å². The molecule has 0 bridgehead atoms. The van der Waals surface area contributed by atoms with Gasteiger partial charge in [-0.05, 0) is 59.7 Å². The molecule has 1 fully saturated rings. The second kappa shape index (κ2) is 6.35. The van der Waals surface area contributed by atoms with Gasteiger partial charge in [-0.15, -0.1) is 0 Å². The molecule has 0 spiro atoms. The molecule has 1 aliphatic heterocycles. The highest BCUT2D eigenvalue weighted by molar-refractivity contribution is 7.92. The summed E-state index contributed by atoms with van der Waals surface area (Å²) in [5.41, 5.74) is 0. The third-order valence-electron chi connectivity index (χ3n) is 3.64. The lowest BCUT2D eigenvalue weighted by atomic mass is 9.99. The van der Waals surface area contributed by atoms with Gasteiger partial charge in [-0.2, -0.15) is 0 Å². The van der Waals surface area contributed by atoms with Crippen LogP contribution in [0.15, 0.2) is 0 Å². The summed E-state index contributed by atoms with van der Waals surface area (Å²) in [4.78, 5) is 2.15. The van der Waals surface area contributed by atoms with Gasteiger partial charge < -0.3 is 10.2 Å². The summed E-state index contributed by atoms with van der Waals surface area (Å²) >= 11 is 0. The van der Waals surface area contributed by atoms with Crippen LogP contribution in [0, 0.1) is 5.92 Å². The molecule has 1 rings (SSSR count). The Morgan fingerprint density at radius 2 is 2.00 bits per heavy atom. The van der Waals surface area contributed by atoms with Crippen molar-refractivity contribution in [3.8, 4) is 0 Å². The van der Waals surface area contributed by atoms with Crippen LogP contribution in [0.4, 0.5) is 0 Å². The van der Waals surface area contributed by atoms with Crippen LogP contribution in [-0.4, -0.2) is 57.0 Å². The highest BCUT2D eigenvalue weighted by Crippen LogP contribution is 2.16. The molecule has 0 saturated carbocycles. The van der Waals surface area contributed by atoms with E-state index in [2.05, 4.69) is 10.2 Å². The fourth-order valence-electron chi connectivity index (χ4n) is 2.19. The van der Waals surface area contributed by atoms with Gasteiger partial charge in [0.1, 0.15) is 0 Å². The predicted octanol–water partition coefficient (Wildman–Crippen LogP) is 1.13. The van der Waals surface area contributed by atoms with Gasteiger partial charge in [0.25, 0.3) is 0 Å². The molecule has 1 N–H and O–H groups in total. The summed E-state index contributed by atoms with van der Waals surface area (Å²) < 4.78 is 23.4. The number of hydrogen-bond donors (Lipinski definition) is 1. The molecule has 1 aliphatic rings. The van der Waals surface area contributed by atoms with Gasteiger partial charge in [-0.1, -0.05) is 0 Å². The first-order valence-electron chi connectivity index (χ1n) is 6.84. The second-order valence-electron chi connectivity index (χ2n) is 6.41. The molecule has 1 unspecified atom stereocenters. The molecule has 0 aliphatic carbocycles. The second-order valence-corrected chi connectivity index (χ2v) is 9.27. The van der Waals surface area contributed by atoms with E-state index >= 15 is 0 Å². The zero-order valence-corrected chi connectivity index (χ0v) is 13.0. The quantitative estimate of drug-likeness (QED) is 0.818. The lowest BCUT2D eigenvalue weighted by Crippen LogP contribution is -2.40. The lowest BCUT2D eigenvalue weighted by molar-refractivity contribution is 0.252. The number of piperidine rings is 1. The largest absolute Gasteiger partial charge is 0.316 e. The van der Waals surface area contributed by atoms with Crippen molar-refractivity contribution in [2.24, 2.45) is 5.92 Å². The van der Waals surface area contributed by atoms with Crippen molar-refractivity contribution in [2.75, 3.05) is 39.0 Å². The van der Waals surface area contributed by atoms with Crippen molar-refractivity contribution in [3.63, 3.8) is 0 Å². The third kappa shape index (κ3) is 4.86. The molecule has 0 aromatic heterocycles. The standard InChI is InChI=1S/C13H28N2O2S/c1-13(2,3)18(16,17)9-8-15(4)11-12-6-5-7-14-10-12/h12,14H,5-11H2,1-4H3. The number of hydrogen-bond acceptors (Lipinski definition) is 4. The van der Waals surface area contributed by atoms with Crippen molar-refractivity contribution in [1.82, 2.24) is 10.2 Å². The molecule has 108 valence electrons. The van der Waals surface area contributed by atoms with Crippen molar-refractivity contribution >= 4 is 9.84 Å². The number of nitrogens with one attached hydrogen (secondary N) is 1. The van der Waals surface area contributed by atoms with E-state index in [4.69, 9.17) is 0 Å². The summed E-state index contributed by atoms with van der Waals surface area (Å²) in [5.74, 6) is 0.925. The Hall–Kier alpha value is -0.130. The number of nitrogens with zero attached hydrogens (tertiary/aromatic N) is 1. The molecule has 18 heavy (non-hydrogen) atoms. The molecule has 1 heterocycles. The Kier molecular flexibility index (Phi) is 5.62. The molecule has 0 aromatic rings. The summed E-state index contributed by atoms with van der Waals surface area (Å²) in [6.45, 7) is 9.13. The predicted molar refractivity (Wildman–Crippen MR) is 76.6 cm³/mol. The van der Waals surface area contributed by atoms with E-state index in [0.29, 0.717) is 12.5 Å². The fourth-order valence-corrected chi connectivity index (χ4v) is 3.36. The van der Waals surface area contributed by atoms with Crippen molar-refractivity contribution in [3.05, 3.63) is 0 Å². The topological polar surface area (TPSA) is 49.4 Å². The Labute approximate surface area is 112 Å². The average molecular weight is 276 g/mol. The van der Waals surface area contributed by atoms with Crippen LogP contribution < -0.4 is 5.32 Å². The van der Waals surface area contributed by atoms with E-state index < -0.39 is 14.6 Å². The van der Waals surface area contributed by atoms with Gasteiger partial charge in [0, 0.05) is 13.1 Å². The van der Waals surface area contributed by atoms with Crippen molar-refractivity contribution in [2.45, 2.75) is 38.4 Å². The van der Waals surface area contributed by atoms with Gasteiger partial charge in [0.15, 0.2) is 9.84 Å². The van der Waals surface area contributed by atoms with E-state index in [1.807, 2.05) is 7.05 Å². The van der Waals surface area contributed by atoms with E-state index in [9.17, 15) is 8.42 Å². The molecule has 1 saturated heterocycles. The maximum Gasteiger partial charge on any atom is 0.156 e. The molecule has 0 aromatic carbocycles. The van der Waals surface area contributed by atoms with Crippen LogP contribution in [-0.2, 0) is 9.84 Å². The number of sulfone groups is 1. The maximum atomic E-state index is 12.0. The highest BCUT2D eigenvalue weighted by atomic mass is 32.2. The van der Waals surface area contributed by atoms with E-state index in [1.54, 1.807) is 20.8 Å². The zero-order chi connectivity index (χ0) is 13.8. The molecular formula is C13H28N2O2S. The Morgan fingerprint density at radius 1 is 1.33 bits per heavy atom. The summed E-state index contributed by atoms with van der Waals surface area (Å²) in [6, 6.07) is 0. The molecule has 5 heteroatoms. The van der Waals surface area contributed by atoms with Crippen molar-refractivity contribution < 1.29 is 8.42 Å². The molecule has 1 atom stereocenters. The van der Waals surface area contributed by atoms with E-state index in [0.717, 1.165) is 19.6 Å². The summed E-state index contributed by atoms with van der Waals surface area (Å²) in [7, 11) is -0.970. The minimum atomic E-state index is -2.99. The first-order valence-corrected chi connectivity index (χ1v) is 8.49. The van der Waals surface area contributed by atoms with Crippen LogP contribution in [0.25, 0.3) is 0 Å². The molecule has 4 nitrogen and oxygen atoms in total. The summed E-state index contributed by atoms with van der Waals surface area (Å²) in [6.07, 6.45) is 2.49. The van der Waals surface area contributed by atoms with Gasteiger partial charge in [0.2, 0.25) is 0 Å². The minimum absolute atomic E-state index is 0.257.